The first kappa shape index (κ1) is 16.7. The van der Waals surface area contributed by atoms with Gasteiger partial charge in [0, 0.05) is 12.6 Å². The van der Waals surface area contributed by atoms with E-state index in [9.17, 15) is 9.59 Å². The third-order valence-corrected chi connectivity index (χ3v) is 4.56. The molecule has 0 saturated carbocycles. The maximum atomic E-state index is 12.3. The van der Waals surface area contributed by atoms with Gasteiger partial charge >= 0.3 is 0 Å². The Hall–Kier alpha value is -3.13. The van der Waals surface area contributed by atoms with Gasteiger partial charge in [-0.05, 0) is 30.3 Å². The van der Waals surface area contributed by atoms with Crippen LogP contribution in [-0.2, 0) is 11.8 Å². The summed E-state index contributed by atoms with van der Waals surface area (Å²) >= 11 is 1.48. The van der Waals surface area contributed by atoms with E-state index in [1.807, 2.05) is 35.9 Å². The fourth-order valence-corrected chi connectivity index (χ4v) is 3.21. The predicted molar refractivity (Wildman–Crippen MR) is 95.0 cm³/mol. The standard InChI is InChI=1S/C17H16N4O3S/c1-21-13-7-2-3-8-14(13)25-17(21)20-19-16(23)11-5-4-6-12(9-11)24-10-15(18)22/h2-9H,10H2,1H3,(H2,18,22)(H,19,23)/b20-17-. The topological polar surface area (TPSA) is 98.7 Å². The largest absolute Gasteiger partial charge is 0.484 e. The molecule has 0 unspecified atom stereocenters. The number of nitrogens with zero attached hydrogens (tertiary/aromatic N) is 2. The number of ether oxygens (including phenoxy) is 1. The van der Waals surface area contributed by atoms with Gasteiger partial charge in [-0.3, -0.25) is 9.59 Å². The highest BCUT2D eigenvalue weighted by atomic mass is 32.1. The molecule has 8 heteroatoms. The van der Waals surface area contributed by atoms with Gasteiger partial charge in [-0.1, -0.05) is 29.5 Å². The minimum atomic E-state index is -0.581. The zero-order chi connectivity index (χ0) is 17.8. The number of nitrogens with one attached hydrogen (secondary N) is 1. The highest BCUT2D eigenvalue weighted by Gasteiger charge is 2.07. The van der Waals surface area contributed by atoms with Crippen molar-refractivity contribution in [1.29, 1.82) is 0 Å². The summed E-state index contributed by atoms with van der Waals surface area (Å²) in [6.07, 6.45) is 0. The van der Waals surface area contributed by atoms with E-state index in [1.165, 1.54) is 17.4 Å². The average Bonchev–Trinajstić information content (AvgIpc) is 2.94. The van der Waals surface area contributed by atoms with Crippen LogP contribution in [0.15, 0.2) is 53.6 Å². The second-order valence-corrected chi connectivity index (χ2v) is 6.26. The number of carbonyl (C=O) groups excluding carboxylic acids is 2. The molecule has 0 fully saturated rings. The summed E-state index contributed by atoms with van der Waals surface area (Å²) in [5, 5.41) is 4.19. The van der Waals surface area contributed by atoms with Gasteiger partial charge in [0.2, 0.25) is 4.80 Å². The molecule has 1 heterocycles. The van der Waals surface area contributed by atoms with Crippen LogP contribution in [0.25, 0.3) is 10.2 Å². The Balaban J connectivity index is 1.78. The molecule has 2 amide bonds. The van der Waals surface area contributed by atoms with E-state index in [2.05, 4.69) is 10.5 Å². The first-order valence-corrected chi connectivity index (χ1v) is 8.26. The first-order valence-electron chi connectivity index (χ1n) is 7.44. The Bertz CT molecular complexity index is 1010. The molecule has 2 aromatic carbocycles. The number of carbonyl (C=O) groups is 2. The number of fused-ring (bicyclic) bond motifs is 1. The van der Waals surface area contributed by atoms with Crippen LogP contribution >= 0.6 is 11.3 Å². The SMILES string of the molecule is Cn1/c(=N/NC(=O)c2cccc(OCC(N)=O)c2)sc2ccccc21. The maximum absolute atomic E-state index is 12.3. The lowest BCUT2D eigenvalue weighted by Crippen LogP contribution is -2.23. The summed E-state index contributed by atoms with van der Waals surface area (Å²) < 4.78 is 8.19. The predicted octanol–water partition coefficient (Wildman–Crippen LogP) is 1.35. The van der Waals surface area contributed by atoms with E-state index in [0.29, 0.717) is 16.1 Å². The van der Waals surface area contributed by atoms with Crippen LogP contribution in [0.4, 0.5) is 0 Å². The molecule has 7 nitrogen and oxygen atoms in total. The molecule has 0 aliphatic carbocycles. The average molecular weight is 356 g/mol. The van der Waals surface area contributed by atoms with Crippen molar-refractivity contribution in [1.82, 2.24) is 9.99 Å². The van der Waals surface area contributed by atoms with Crippen LogP contribution in [0.5, 0.6) is 5.75 Å². The highest BCUT2D eigenvalue weighted by molar-refractivity contribution is 7.16. The number of aromatic nitrogens is 1. The van der Waals surface area contributed by atoms with Gasteiger partial charge < -0.3 is 15.0 Å². The van der Waals surface area contributed by atoms with Gasteiger partial charge in [0.25, 0.3) is 11.8 Å². The minimum Gasteiger partial charge on any atom is -0.484 e. The summed E-state index contributed by atoms with van der Waals surface area (Å²) in [7, 11) is 1.89. The zero-order valence-corrected chi connectivity index (χ0v) is 14.2. The third-order valence-electron chi connectivity index (χ3n) is 3.45. The molecule has 3 aromatic rings. The zero-order valence-electron chi connectivity index (χ0n) is 13.4. The summed E-state index contributed by atoms with van der Waals surface area (Å²) in [6, 6.07) is 14.4. The summed E-state index contributed by atoms with van der Waals surface area (Å²) in [4.78, 5) is 23.7. The second-order valence-electron chi connectivity index (χ2n) is 5.25. The quantitative estimate of drug-likeness (QED) is 0.675. The normalized spacial score (nSPS) is 11.5. The molecule has 0 aliphatic heterocycles. The number of aryl methyl sites for hydroxylation is 1. The van der Waals surface area contributed by atoms with Crippen LogP contribution in [0.1, 0.15) is 10.4 Å². The van der Waals surface area contributed by atoms with Crippen LogP contribution in [0, 0.1) is 0 Å². The molecular weight excluding hydrogens is 340 g/mol. The van der Waals surface area contributed by atoms with Crippen molar-refractivity contribution in [3.05, 3.63) is 58.9 Å². The number of hydrogen-bond acceptors (Lipinski definition) is 5. The molecule has 3 rings (SSSR count). The Kier molecular flexibility index (Phi) is 4.80. The van der Waals surface area contributed by atoms with E-state index in [1.54, 1.807) is 18.2 Å². The number of rotatable bonds is 5. The van der Waals surface area contributed by atoms with E-state index in [0.717, 1.165) is 10.2 Å². The first-order chi connectivity index (χ1) is 12.0. The van der Waals surface area contributed by atoms with Crippen molar-refractivity contribution in [2.75, 3.05) is 6.61 Å². The van der Waals surface area contributed by atoms with Crippen molar-refractivity contribution >= 4 is 33.4 Å². The number of benzene rings is 2. The molecule has 0 aliphatic rings. The molecule has 0 atom stereocenters. The molecule has 0 saturated heterocycles. The van der Waals surface area contributed by atoms with Crippen molar-refractivity contribution in [3.8, 4) is 5.75 Å². The number of nitrogens with two attached hydrogens (primary N) is 1. The minimum absolute atomic E-state index is 0.243. The molecule has 128 valence electrons. The fourth-order valence-electron chi connectivity index (χ4n) is 2.23. The van der Waals surface area contributed by atoms with E-state index >= 15 is 0 Å². The maximum Gasteiger partial charge on any atom is 0.271 e. The van der Waals surface area contributed by atoms with Gasteiger partial charge in [0.05, 0.1) is 10.2 Å². The van der Waals surface area contributed by atoms with E-state index < -0.39 is 5.91 Å². The lowest BCUT2D eigenvalue weighted by Gasteiger charge is -2.05. The molecule has 3 N–H and O–H groups in total. The van der Waals surface area contributed by atoms with E-state index in [4.69, 9.17) is 10.5 Å². The highest BCUT2D eigenvalue weighted by Crippen LogP contribution is 2.15. The van der Waals surface area contributed by atoms with Crippen molar-refractivity contribution in [2.45, 2.75) is 0 Å². The molecule has 0 spiro atoms. The van der Waals surface area contributed by atoms with Crippen molar-refractivity contribution in [2.24, 2.45) is 17.9 Å². The van der Waals surface area contributed by atoms with Gasteiger partial charge in [0.15, 0.2) is 6.61 Å². The Morgan fingerprint density at radius 2 is 2.04 bits per heavy atom. The lowest BCUT2D eigenvalue weighted by molar-refractivity contribution is -0.119. The van der Waals surface area contributed by atoms with Gasteiger partial charge in [-0.2, -0.15) is 0 Å². The van der Waals surface area contributed by atoms with Crippen LogP contribution in [0.3, 0.4) is 0 Å². The monoisotopic (exact) mass is 356 g/mol. The van der Waals surface area contributed by atoms with Crippen LogP contribution in [-0.4, -0.2) is 23.0 Å². The Morgan fingerprint density at radius 1 is 1.24 bits per heavy atom. The molecule has 0 bridgehead atoms. The lowest BCUT2D eigenvalue weighted by atomic mass is 10.2. The van der Waals surface area contributed by atoms with Gasteiger partial charge in [0.1, 0.15) is 5.75 Å². The summed E-state index contributed by atoms with van der Waals surface area (Å²) in [5.41, 5.74) is 8.99. The second kappa shape index (κ2) is 7.18. The number of para-hydroxylation sites is 1. The summed E-state index contributed by atoms with van der Waals surface area (Å²) in [6.45, 7) is -0.243. The number of hydrogen-bond donors (Lipinski definition) is 2. The van der Waals surface area contributed by atoms with Crippen molar-refractivity contribution < 1.29 is 14.3 Å². The molecular formula is C17H16N4O3S. The molecule has 1 aromatic heterocycles. The number of amides is 2. The third kappa shape index (κ3) is 3.86. The Labute approximate surface area is 147 Å². The number of primary amides is 1. The smallest absolute Gasteiger partial charge is 0.271 e. The fraction of sp³-hybridized carbons (Fsp3) is 0.118. The van der Waals surface area contributed by atoms with Gasteiger partial charge in [-0.25, -0.2) is 5.43 Å². The van der Waals surface area contributed by atoms with Crippen LogP contribution in [0.2, 0.25) is 0 Å². The van der Waals surface area contributed by atoms with Crippen molar-refractivity contribution in [3.63, 3.8) is 0 Å². The summed E-state index contributed by atoms with van der Waals surface area (Å²) in [5.74, 6) is -0.567. The molecule has 0 radical (unpaired) electrons. The van der Waals surface area contributed by atoms with Crippen LogP contribution < -0.4 is 20.7 Å². The van der Waals surface area contributed by atoms with E-state index in [-0.39, 0.29) is 12.5 Å². The molecule has 25 heavy (non-hydrogen) atoms. The number of thiazole rings is 1. The Morgan fingerprint density at radius 3 is 2.80 bits per heavy atom. The van der Waals surface area contributed by atoms with Gasteiger partial charge in [-0.15, -0.1) is 5.10 Å².